The minimum Gasteiger partial charge on any atom is -0.480 e. The summed E-state index contributed by atoms with van der Waals surface area (Å²) < 4.78 is 0. The number of amides is 1. The molecule has 0 bridgehead atoms. The molecular formula is C16H21N3O5S. The van der Waals surface area contributed by atoms with E-state index >= 15 is 0 Å². The first-order valence-electron chi connectivity index (χ1n) is 8.35. The topological polar surface area (TPSA) is 113 Å². The van der Waals surface area contributed by atoms with E-state index in [0.717, 1.165) is 30.7 Å². The molecule has 0 spiro atoms. The van der Waals surface area contributed by atoms with Crippen LogP contribution in [0, 0.1) is 23.0 Å². The van der Waals surface area contributed by atoms with Crippen molar-refractivity contribution < 1.29 is 19.6 Å². The summed E-state index contributed by atoms with van der Waals surface area (Å²) in [6.07, 6.45) is 3.77. The van der Waals surface area contributed by atoms with Crippen LogP contribution < -0.4 is 5.32 Å². The highest BCUT2D eigenvalue weighted by molar-refractivity contribution is 7.14. The second-order valence-corrected chi connectivity index (χ2v) is 8.13. The minimum atomic E-state index is -0.825. The molecule has 1 aromatic heterocycles. The summed E-state index contributed by atoms with van der Waals surface area (Å²) in [5.74, 6) is -0.506. The van der Waals surface area contributed by atoms with E-state index in [4.69, 9.17) is 5.11 Å². The average molecular weight is 367 g/mol. The zero-order chi connectivity index (χ0) is 18.1. The van der Waals surface area contributed by atoms with Gasteiger partial charge in [0.15, 0.2) is 0 Å². The predicted octanol–water partition coefficient (Wildman–Crippen LogP) is 2.02. The Morgan fingerprint density at radius 2 is 2.12 bits per heavy atom. The maximum atomic E-state index is 12.2. The van der Waals surface area contributed by atoms with E-state index in [1.165, 1.54) is 18.9 Å². The number of nitrogens with zero attached hydrogens (tertiary/aromatic N) is 2. The van der Waals surface area contributed by atoms with E-state index in [9.17, 15) is 19.7 Å². The normalized spacial score (nSPS) is 22.5. The zero-order valence-electron chi connectivity index (χ0n) is 13.9. The summed E-state index contributed by atoms with van der Waals surface area (Å²) in [6.45, 7) is 2.48. The van der Waals surface area contributed by atoms with E-state index < -0.39 is 10.9 Å². The molecule has 0 saturated heterocycles. The van der Waals surface area contributed by atoms with Crippen molar-refractivity contribution in [2.75, 3.05) is 13.1 Å². The van der Waals surface area contributed by atoms with Gasteiger partial charge >= 0.3 is 5.97 Å². The number of aryl methyl sites for hydroxylation is 1. The van der Waals surface area contributed by atoms with Crippen molar-refractivity contribution in [2.24, 2.45) is 5.92 Å². The van der Waals surface area contributed by atoms with Crippen LogP contribution in [0.3, 0.4) is 0 Å². The van der Waals surface area contributed by atoms with E-state index in [1.807, 2.05) is 4.90 Å². The highest BCUT2D eigenvalue weighted by atomic mass is 32.1. The third-order valence-corrected chi connectivity index (χ3v) is 5.84. The molecule has 2 aliphatic rings. The van der Waals surface area contributed by atoms with Crippen molar-refractivity contribution >= 4 is 28.9 Å². The number of thiophene rings is 1. The molecular weight excluding hydrogens is 346 g/mol. The second-order valence-electron chi connectivity index (χ2n) is 6.87. The molecule has 0 radical (unpaired) electrons. The Kier molecular flexibility index (Phi) is 5.05. The van der Waals surface area contributed by atoms with Gasteiger partial charge in [-0.3, -0.25) is 24.6 Å². The Bertz CT molecular complexity index is 694. The average Bonchev–Trinajstić information content (AvgIpc) is 3.20. The number of nitrogens with one attached hydrogen (secondary N) is 1. The lowest BCUT2D eigenvalue weighted by molar-refractivity contribution is -0.385. The van der Waals surface area contributed by atoms with E-state index in [1.54, 1.807) is 6.92 Å². The molecule has 1 amide bonds. The SMILES string of the molecule is Cc1sc(C(=O)NC2CC(N(CC(=O)O)CC3CC3)C2)cc1[N+](=O)[O-]. The van der Waals surface area contributed by atoms with Gasteiger partial charge in [-0.1, -0.05) is 0 Å². The molecule has 2 saturated carbocycles. The molecule has 1 heterocycles. The van der Waals surface area contributed by atoms with Gasteiger partial charge in [0.2, 0.25) is 0 Å². The Morgan fingerprint density at radius 3 is 2.64 bits per heavy atom. The lowest BCUT2D eigenvalue weighted by Gasteiger charge is -2.42. The maximum Gasteiger partial charge on any atom is 0.317 e. The Hall–Kier alpha value is -2.00. The fraction of sp³-hybridized carbons (Fsp3) is 0.625. The van der Waals surface area contributed by atoms with E-state index in [-0.39, 0.29) is 30.2 Å². The largest absolute Gasteiger partial charge is 0.480 e. The van der Waals surface area contributed by atoms with Gasteiger partial charge in [0.05, 0.1) is 21.2 Å². The van der Waals surface area contributed by atoms with Gasteiger partial charge in [-0.2, -0.15) is 0 Å². The first-order chi connectivity index (χ1) is 11.8. The fourth-order valence-electron chi connectivity index (χ4n) is 3.17. The highest BCUT2D eigenvalue weighted by Crippen LogP contribution is 2.34. The molecule has 3 rings (SSSR count). The van der Waals surface area contributed by atoms with Crippen LogP contribution in [0.5, 0.6) is 0 Å². The maximum absolute atomic E-state index is 12.2. The Balaban J connectivity index is 1.51. The highest BCUT2D eigenvalue weighted by Gasteiger charge is 2.38. The third kappa shape index (κ3) is 4.35. The molecule has 9 heteroatoms. The quantitative estimate of drug-likeness (QED) is 0.537. The number of hydrogen-bond acceptors (Lipinski definition) is 6. The van der Waals surface area contributed by atoms with Gasteiger partial charge in [-0.15, -0.1) is 11.3 Å². The molecule has 8 nitrogen and oxygen atoms in total. The van der Waals surface area contributed by atoms with Crippen LogP contribution in [-0.4, -0.2) is 52.0 Å². The zero-order valence-corrected chi connectivity index (χ0v) is 14.8. The summed E-state index contributed by atoms with van der Waals surface area (Å²) in [4.78, 5) is 36.5. The third-order valence-electron chi connectivity index (χ3n) is 4.80. The number of hydrogen-bond donors (Lipinski definition) is 2. The molecule has 136 valence electrons. The molecule has 2 fully saturated rings. The molecule has 0 aromatic carbocycles. The molecule has 2 aliphatic carbocycles. The number of carbonyl (C=O) groups excluding carboxylic acids is 1. The lowest BCUT2D eigenvalue weighted by atomic mass is 9.85. The Labute approximate surface area is 149 Å². The number of rotatable bonds is 8. The molecule has 0 atom stereocenters. The number of carbonyl (C=O) groups is 2. The van der Waals surface area contributed by atoms with Gasteiger partial charge < -0.3 is 10.4 Å². The summed E-state index contributed by atoms with van der Waals surface area (Å²) in [5, 5.41) is 22.8. The molecule has 1 aromatic rings. The molecule has 25 heavy (non-hydrogen) atoms. The van der Waals surface area contributed by atoms with Gasteiger partial charge in [0, 0.05) is 24.7 Å². The standard InChI is InChI=1S/C16H21N3O5S/c1-9-13(19(23)24)6-14(25-9)16(22)17-11-4-12(5-11)18(8-15(20)21)7-10-2-3-10/h6,10-12H,2-5,7-8H2,1H3,(H,17,22)(H,20,21). The number of nitro groups is 1. The Morgan fingerprint density at radius 1 is 1.44 bits per heavy atom. The van der Waals surface area contributed by atoms with Crippen molar-refractivity contribution in [1.29, 1.82) is 0 Å². The van der Waals surface area contributed by atoms with Gasteiger partial charge in [0.1, 0.15) is 0 Å². The number of carboxylic acids is 1. The van der Waals surface area contributed by atoms with Crippen molar-refractivity contribution in [3.05, 3.63) is 25.9 Å². The van der Waals surface area contributed by atoms with Crippen LogP contribution in [0.2, 0.25) is 0 Å². The summed E-state index contributed by atoms with van der Waals surface area (Å²) in [6, 6.07) is 1.49. The first kappa shape index (κ1) is 17.8. The number of aliphatic carboxylic acids is 1. The smallest absolute Gasteiger partial charge is 0.317 e. The molecule has 0 unspecified atom stereocenters. The van der Waals surface area contributed by atoms with Crippen LogP contribution in [-0.2, 0) is 4.79 Å². The monoisotopic (exact) mass is 367 g/mol. The minimum absolute atomic E-state index is 0.00513. The van der Waals surface area contributed by atoms with Crippen molar-refractivity contribution in [2.45, 2.75) is 44.7 Å². The van der Waals surface area contributed by atoms with E-state index in [0.29, 0.717) is 15.7 Å². The van der Waals surface area contributed by atoms with Crippen molar-refractivity contribution in [3.8, 4) is 0 Å². The summed E-state index contributed by atoms with van der Waals surface area (Å²) >= 11 is 1.12. The predicted molar refractivity (Wildman–Crippen MR) is 91.9 cm³/mol. The van der Waals surface area contributed by atoms with Crippen LogP contribution in [0.1, 0.15) is 40.2 Å². The van der Waals surface area contributed by atoms with Crippen molar-refractivity contribution in [3.63, 3.8) is 0 Å². The van der Waals surface area contributed by atoms with Gasteiger partial charge in [-0.25, -0.2) is 0 Å². The molecule has 2 N–H and O–H groups in total. The fourth-order valence-corrected chi connectivity index (χ4v) is 4.06. The van der Waals surface area contributed by atoms with Crippen LogP contribution in [0.4, 0.5) is 5.69 Å². The van der Waals surface area contributed by atoms with Crippen LogP contribution in [0.25, 0.3) is 0 Å². The van der Waals surface area contributed by atoms with E-state index in [2.05, 4.69) is 5.32 Å². The second kappa shape index (κ2) is 7.09. The van der Waals surface area contributed by atoms with Crippen molar-refractivity contribution in [1.82, 2.24) is 10.2 Å². The van der Waals surface area contributed by atoms with Gasteiger partial charge in [-0.05, 0) is 38.5 Å². The van der Waals surface area contributed by atoms with Crippen LogP contribution >= 0.6 is 11.3 Å². The summed E-state index contributed by atoms with van der Waals surface area (Å²) in [5.41, 5.74) is -0.0290. The lowest BCUT2D eigenvalue weighted by Crippen LogP contribution is -2.55. The molecule has 0 aliphatic heterocycles. The van der Waals surface area contributed by atoms with Gasteiger partial charge in [0.25, 0.3) is 11.6 Å². The first-order valence-corrected chi connectivity index (χ1v) is 9.16. The number of carboxylic acid groups (broad SMARTS) is 1. The van der Waals surface area contributed by atoms with Crippen LogP contribution in [0.15, 0.2) is 6.07 Å². The summed E-state index contributed by atoms with van der Waals surface area (Å²) in [7, 11) is 0.